The predicted molar refractivity (Wildman–Crippen MR) is 93.0 cm³/mol. The molecule has 25 heavy (non-hydrogen) atoms. The van der Waals surface area contributed by atoms with Gasteiger partial charge in [-0.15, -0.1) is 0 Å². The minimum absolute atomic E-state index is 0.109. The number of rotatable bonds is 8. The van der Waals surface area contributed by atoms with Gasteiger partial charge in [0.25, 0.3) is 0 Å². The second-order valence-electron chi connectivity index (χ2n) is 5.62. The largest absolute Gasteiger partial charge is 0.433 e. The molecule has 2 aromatic rings. The van der Waals surface area contributed by atoms with Gasteiger partial charge in [0.2, 0.25) is 11.8 Å². The lowest BCUT2D eigenvalue weighted by atomic mass is 10.0. The highest BCUT2D eigenvalue weighted by Crippen LogP contribution is 2.36. The van der Waals surface area contributed by atoms with Crippen molar-refractivity contribution < 1.29 is 13.9 Å². The molecule has 1 heterocycles. The van der Waals surface area contributed by atoms with E-state index in [1.54, 1.807) is 12.1 Å². The number of benzene rings is 1. The highest BCUT2D eigenvalue weighted by atomic mass is 35.5. The lowest BCUT2D eigenvalue weighted by Gasteiger charge is -2.23. The molecule has 6 nitrogen and oxygen atoms in total. The summed E-state index contributed by atoms with van der Waals surface area (Å²) in [4.78, 5) is 18.9. The van der Waals surface area contributed by atoms with Crippen molar-refractivity contribution in [2.24, 2.45) is 5.73 Å². The first-order chi connectivity index (χ1) is 11.9. The van der Waals surface area contributed by atoms with Gasteiger partial charge in [0, 0.05) is 36.5 Å². The zero-order valence-electron chi connectivity index (χ0n) is 14.0. The van der Waals surface area contributed by atoms with Crippen LogP contribution in [0.15, 0.2) is 30.7 Å². The van der Waals surface area contributed by atoms with E-state index in [0.29, 0.717) is 12.0 Å². The molecule has 1 amide bonds. The van der Waals surface area contributed by atoms with Crippen LogP contribution in [0.4, 0.5) is 4.39 Å². The van der Waals surface area contributed by atoms with Crippen molar-refractivity contribution in [3.63, 3.8) is 0 Å². The molecule has 0 saturated heterocycles. The molecule has 3 N–H and O–H groups in total. The zero-order chi connectivity index (χ0) is 18.4. The van der Waals surface area contributed by atoms with Crippen molar-refractivity contribution in [3.05, 3.63) is 47.1 Å². The van der Waals surface area contributed by atoms with Gasteiger partial charge in [-0.3, -0.25) is 9.78 Å². The first kappa shape index (κ1) is 19.1. The number of amides is 1. The molecule has 0 radical (unpaired) electrons. The molecule has 0 aliphatic heterocycles. The van der Waals surface area contributed by atoms with Crippen molar-refractivity contribution in [2.45, 2.75) is 38.8 Å². The number of halogens is 2. The Bertz CT molecular complexity index is 730. The van der Waals surface area contributed by atoms with Gasteiger partial charge in [0.15, 0.2) is 11.6 Å². The van der Waals surface area contributed by atoms with E-state index >= 15 is 0 Å². The molecular weight excluding hydrogens is 347 g/mol. The van der Waals surface area contributed by atoms with E-state index in [9.17, 15) is 9.18 Å². The van der Waals surface area contributed by atoms with Crippen molar-refractivity contribution in [2.75, 3.05) is 0 Å². The Hall–Kier alpha value is -2.25. The third kappa shape index (κ3) is 5.11. The quantitative estimate of drug-likeness (QED) is 0.747. The number of carbonyl (C=O) groups is 1. The Morgan fingerprint density at radius 2 is 2.20 bits per heavy atom. The van der Waals surface area contributed by atoms with E-state index < -0.39 is 11.7 Å². The molecule has 1 aromatic heterocycles. The third-order valence-electron chi connectivity index (χ3n) is 3.60. The number of nitrogens with zero attached hydrogens (tertiary/aromatic N) is 2. The standard InChI is InChI=1S/C17H20ClFN4O2/c1-3-13(23-10(2)8-14(20)24)11-4-5-12(18)17(16(11)19)25-15-9-21-6-7-22-15/h4-7,9-10,13,23H,3,8H2,1-2H3,(H2,20,24)/t10-,13-/m1/s1. The molecule has 8 heteroatoms. The summed E-state index contributed by atoms with van der Waals surface area (Å²) in [6, 6.07) is 2.64. The molecule has 0 aliphatic rings. The minimum atomic E-state index is -0.580. The smallest absolute Gasteiger partial charge is 0.238 e. The average molecular weight is 367 g/mol. The summed E-state index contributed by atoms with van der Waals surface area (Å²) in [5.74, 6) is -0.965. The Kier molecular flexibility index (Phi) is 6.66. The average Bonchev–Trinajstić information content (AvgIpc) is 2.57. The van der Waals surface area contributed by atoms with Crippen LogP contribution in [-0.2, 0) is 4.79 Å². The van der Waals surface area contributed by atoms with E-state index in [2.05, 4.69) is 15.3 Å². The molecule has 0 aliphatic carbocycles. The van der Waals surface area contributed by atoms with Crippen LogP contribution in [-0.4, -0.2) is 21.9 Å². The highest BCUT2D eigenvalue weighted by Gasteiger charge is 2.22. The van der Waals surface area contributed by atoms with Crippen molar-refractivity contribution >= 4 is 17.5 Å². The highest BCUT2D eigenvalue weighted by molar-refractivity contribution is 6.32. The third-order valence-corrected chi connectivity index (χ3v) is 3.90. The van der Waals surface area contributed by atoms with Crippen LogP contribution < -0.4 is 15.8 Å². The fourth-order valence-electron chi connectivity index (χ4n) is 2.48. The van der Waals surface area contributed by atoms with Gasteiger partial charge >= 0.3 is 0 Å². The summed E-state index contributed by atoms with van der Waals surface area (Å²) in [6.45, 7) is 3.73. The molecule has 0 bridgehead atoms. The normalized spacial score (nSPS) is 13.3. The van der Waals surface area contributed by atoms with Crippen molar-refractivity contribution in [1.29, 1.82) is 0 Å². The van der Waals surface area contributed by atoms with Gasteiger partial charge in [-0.25, -0.2) is 9.37 Å². The Balaban J connectivity index is 2.28. The van der Waals surface area contributed by atoms with E-state index in [1.807, 2.05) is 13.8 Å². The van der Waals surface area contributed by atoms with Crippen LogP contribution in [0.5, 0.6) is 11.6 Å². The summed E-state index contributed by atoms with van der Waals surface area (Å²) in [5, 5.41) is 3.33. The maximum Gasteiger partial charge on any atom is 0.238 e. The summed E-state index contributed by atoms with van der Waals surface area (Å²) in [6.07, 6.45) is 5.05. The van der Waals surface area contributed by atoms with Crippen molar-refractivity contribution in [3.8, 4) is 11.6 Å². The van der Waals surface area contributed by atoms with E-state index in [1.165, 1.54) is 18.6 Å². The first-order valence-corrected chi connectivity index (χ1v) is 8.26. The number of carbonyl (C=O) groups excluding carboxylic acids is 1. The summed E-state index contributed by atoms with van der Waals surface area (Å²) in [5.41, 5.74) is 5.60. The van der Waals surface area contributed by atoms with Gasteiger partial charge in [-0.05, 0) is 19.4 Å². The molecule has 2 rings (SSSR count). The van der Waals surface area contributed by atoms with Crippen LogP contribution in [0.2, 0.25) is 5.02 Å². The van der Waals surface area contributed by atoms with Gasteiger partial charge in [-0.1, -0.05) is 24.6 Å². The Morgan fingerprint density at radius 3 is 2.80 bits per heavy atom. The van der Waals surface area contributed by atoms with Crippen LogP contribution in [0, 0.1) is 5.82 Å². The second kappa shape index (κ2) is 8.73. The monoisotopic (exact) mass is 366 g/mol. The van der Waals surface area contributed by atoms with Gasteiger partial charge < -0.3 is 15.8 Å². The number of primary amides is 1. The molecule has 0 spiro atoms. The van der Waals surface area contributed by atoms with Crippen LogP contribution in [0.25, 0.3) is 0 Å². The number of aromatic nitrogens is 2. The predicted octanol–water partition coefficient (Wildman–Crippen LogP) is 3.37. The molecule has 0 fully saturated rings. The fraction of sp³-hybridized carbons (Fsp3) is 0.353. The van der Waals surface area contributed by atoms with E-state index in [-0.39, 0.29) is 35.2 Å². The number of nitrogens with one attached hydrogen (secondary N) is 1. The fourth-order valence-corrected chi connectivity index (χ4v) is 2.67. The SMILES string of the molecule is CC[C@@H](N[C@H](C)CC(N)=O)c1ccc(Cl)c(Oc2cnccn2)c1F. The van der Waals surface area contributed by atoms with Crippen LogP contribution in [0.1, 0.15) is 38.3 Å². The minimum Gasteiger partial charge on any atom is -0.433 e. The second-order valence-corrected chi connectivity index (χ2v) is 6.03. The molecule has 134 valence electrons. The zero-order valence-corrected chi connectivity index (χ0v) is 14.8. The van der Waals surface area contributed by atoms with Crippen LogP contribution in [0.3, 0.4) is 0 Å². The first-order valence-electron chi connectivity index (χ1n) is 7.88. The lowest BCUT2D eigenvalue weighted by molar-refractivity contribution is -0.118. The maximum atomic E-state index is 15.0. The summed E-state index contributed by atoms with van der Waals surface area (Å²) in [7, 11) is 0. The molecule has 1 aromatic carbocycles. The Morgan fingerprint density at radius 1 is 1.44 bits per heavy atom. The summed E-state index contributed by atoms with van der Waals surface area (Å²) >= 11 is 6.08. The van der Waals surface area contributed by atoms with E-state index in [0.717, 1.165) is 0 Å². The molecule has 2 atom stereocenters. The molecular formula is C17H20ClFN4O2. The maximum absolute atomic E-state index is 15.0. The summed E-state index contributed by atoms with van der Waals surface area (Å²) < 4.78 is 20.4. The number of ether oxygens (including phenoxy) is 1. The molecule has 0 saturated carbocycles. The van der Waals surface area contributed by atoms with Gasteiger partial charge in [0.1, 0.15) is 0 Å². The number of hydrogen-bond donors (Lipinski definition) is 2. The van der Waals surface area contributed by atoms with E-state index in [4.69, 9.17) is 22.1 Å². The van der Waals surface area contributed by atoms with Crippen molar-refractivity contribution in [1.82, 2.24) is 15.3 Å². The topological polar surface area (TPSA) is 90.1 Å². The van der Waals surface area contributed by atoms with Gasteiger partial charge in [-0.2, -0.15) is 0 Å². The lowest BCUT2D eigenvalue weighted by Crippen LogP contribution is -2.34. The number of hydrogen-bond acceptors (Lipinski definition) is 5. The van der Waals surface area contributed by atoms with Crippen LogP contribution >= 0.6 is 11.6 Å². The Labute approximate surface area is 150 Å². The van der Waals surface area contributed by atoms with Gasteiger partial charge in [0.05, 0.1) is 11.2 Å². The molecule has 0 unspecified atom stereocenters. The number of nitrogens with two attached hydrogens (primary N) is 1.